The molecule has 2 rings (SSSR count). The van der Waals surface area contributed by atoms with Gasteiger partial charge in [-0.2, -0.15) is 0 Å². The molecule has 3 N–H and O–H groups in total. The fourth-order valence-electron chi connectivity index (χ4n) is 3.11. The SMILES string of the molecule is CC1CCCC(C(Cc2ccccc2Cl)NN)C1. The molecule has 3 unspecified atom stereocenters. The smallest absolute Gasteiger partial charge is 0.0438 e. The molecule has 1 aromatic carbocycles. The minimum absolute atomic E-state index is 0.340. The normalized spacial score (nSPS) is 25.9. The number of nitrogens with one attached hydrogen (secondary N) is 1. The van der Waals surface area contributed by atoms with Crippen molar-refractivity contribution in [3.05, 3.63) is 34.9 Å². The van der Waals surface area contributed by atoms with E-state index < -0.39 is 0 Å². The molecule has 1 aliphatic rings. The van der Waals surface area contributed by atoms with Gasteiger partial charge < -0.3 is 0 Å². The number of hydrogen-bond acceptors (Lipinski definition) is 2. The molecule has 1 aliphatic carbocycles. The molecule has 2 nitrogen and oxygen atoms in total. The Hall–Kier alpha value is -0.570. The standard InChI is InChI=1S/C15H23ClN2/c1-11-5-4-7-13(9-11)15(18-17)10-12-6-2-3-8-14(12)16/h2-3,6,8,11,13,15,18H,4-5,7,9-10,17H2,1H3. The van der Waals surface area contributed by atoms with Gasteiger partial charge in [0.05, 0.1) is 0 Å². The van der Waals surface area contributed by atoms with Crippen molar-refractivity contribution in [1.82, 2.24) is 5.43 Å². The molecule has 0 radical (unpaired) electrons. The number of hydrazine groups is 1. The van der Waals surface area contributed by atoms with Crippen LogP contribution in [0.15, 0.2) is 24.3 Å². The second-order valence-corrected chi connectivity index (χ2v) is 6.01. The van der Waals surface area contributed by atoms with Crippen molar-refractivity contribution in [1.29, 1.82) is 0 Å². The Morgan fingerprint density at radius 1 is 1.39 bits per heavy atom. The predicted molar refractivity (Wildman–Crippen MR) is 77.4 cm³/mol. The van der Waals surface area contributed by atoms with E-state index in [0.717, 1.165) is 17.4 Å². The summed E-state index contributed by atoms with van der Waals surface area (Å²) in [5.41, 5.74) is 4.20. The van der Waals surface area contributed by atoms with Gasteiger partial charge in [0, 0.05) is 11.1 Å². The molecular formula is C15H23ClN2. The van der Waals surface area contributed by atoms with Crippen LogP contribution in [0.2, 0.25) is 5.02 Å². The lowest BCUT2D eigenvalue weighted by atomic mass is 9.77. The van der Waals surface area contributed by atoms with Crippen molar-refractivity contribution in [3.8, 4) is 0 Å². The highest BCUT2D eigenvalue weighted by molar-refractivity contribution is 6.31. The third-order valence-corrected chi connectivity index (χ3v) is 4.53. The molecule has 100 valence electrons. The second kappa shape index (κ2) is 6.55. The van der Waals surface area contributed by atoms with Crippen molar-refractivity contribution in [2.24, 2.45) is 17.7 Å². The van der Waals surface area contributed by atoms with E-state index in [1.54, 1.807) is 0 Å². The van der Waals surface area contributed by atoms with E-state index in [4.69, 9.17) is 17.4 Å². The van der Waals surface area contributed by atoms with Crippen LogP contribution in [0.1, 0.15) is 38.2 Å². The molecule has 0 aliphatic heterocycles. The largest absolute Gasteiger partial charge is 0.271 e. The van der Waals surface area contributed by atoms with E-state index in [2.05, 4.69) is 18.4 Å². The van der Waals surface area contributed by atoms with Gasteiger partial charge >= 0.3 is 0 Å². The monoisotopic (exact) mass is 266 g/mol. The molecule has 3 heteroatoms. The van der Waals surface area contributed by atoms with Crippen molar-refractivity contribution in [2.45, 2.75) is 45.1 Å². The van der Waals surface area contributed by atoms with E-state index in [1.165, 1.54) is 31.2 Å². The summed E-state index contributed by atoms with van der Waals surface area (Å²) in [6.07, 6.45) is 6.17. The third-order valence-electron chi connectivity index (χ3n) is 4.16. The minimum atomic E-state index is 0.340. The molecule has 0 spiro atoms. The number of nitrogens with two attached hydrogens (primary N) is 1. The molecule has 0 bridgehead atoms. The summed E-state index contributed by atoms with van der Waals surface area (Å²) in [6, 6.07) is 8.40. The zero-order chi connectivity index (χ0) is 13.0. The Balaban J connectivity index is 2.03. The quantitative estimate of drug-likeness (QED) is 0.646. The summed E-state index contributed by atoms with van der Waals surface area (Å²) < 4.78 is 0. The van der Waals surface area contributed by atoms with Crippen molar-refractivity contribution >= 4 is 11.6 Å². The van der Waals surface area contributed by atoms with Crippen molar-refractivity contribution in [3.63, 3.8) is 0 Å². The summed E-state index contributed by atoms with van der Waals surface area (Å²) in [5, 5.41) is 0.849. The average molecular weight is 267 g/mol. The molecule has 0 aromatic heterocycles. The Labute approximate surface area is 115 Å². The van der Waals surface area contributed by atoms with Gasteiger partial charge in [-0.1, -0.05) is 49.6 Å². The fraction of sp³-hybridized carbons (Fsp3) is 0.600. The van der Waals surface area contributed by atoms with Crippen LogP contribution in [0.3, 0.4) is 0 Å². The predicted octanol–water partition coefficient (Wildman–Crippen LogP) is 3.54. The lowest BCUT2D eigenvalue weighted by Crippen LogP contribution is -2.44. The van der Waals surface area contributed by atoms with Crippen LogP contribution < -0.4 is 11.3 Å². The van der Waals surface area contributed by atoms with Crippen LogP contribution in [-0.2, 0) is 6.42 Å². The summed E-state index contributed by atoms with van der Waals surface area (Å²) >= 11 is 6.22. The first-order valence-electron chi connectivity index (χ1n) is 6.90. The highest BCUT2D eigenvalue weighted by Crippen LogP contribution is 2.32. The van der Waals surface area contributed by atoms with Gasteiger partial charge in [-0.3, -0.25) is 11.3 Å². The molecule has 0 saturated heterocycles. The lowest BCUT2D eigenvalue weighted by molar-refractivity contribution is 0.222. The molecule has 1 saturated carbocycles. The van der Waals surface area contributed by atoms with Gasteiger partial charge in [-0.25, -0.2) is 0 Å². The topological polar surface area (TPSA) is 38.0 Å². The summed E-state index contributed by atoms with van der Waals surface area (Å²) in [4.78, 5) is 0. The number of rotatable bonds is 4. The van der Waals surface area contributed by atoms with Crippen LogP contribution in [0.25, 0.3) is 0 Å². The van der Waals surface area contributed by atoms with E-state index in [1.807, 2.05) is 18.2 Å². The van der Waals surface area contributed by atoms with Gasteiger partial charge in [-0.15, -0.1) is 0 Å². The van der Waals surface area contributed by atoms with Gasteiger partial charge in [0.25, 0.3) is 0 Å². The summed E-state index contributed by atoms with van der Waals surface area (Å²) in [6.45, 7) is 2.34. The molecular weight excluding hydrogens is 244 g/mol. The fourth-order valence-corrected chi connectivity index (χ4v) is 3.32. The third kappa shape index (κ3) is 3.47. The molecule has 18 heavy (non-hydrogen) atoms. The number of halogens is 1. The van der Waals surface area contributed by atoms with Crippen LogP contribution in [0, 0.1) is 11.8 Å². The first-order chi connectivity index (χ1) is 8.70. The van der Waals surface area contributed by atoms with Gasteiger partial charge in [0.1, 0.15) is 0 Å². The Morgan fingerprint density at radius 3 is 2.83 bits per heavy atom. The first-order valence-corrected chi connectivity index (χ1v) is 7.28. The maximum atomic E-state index is 6.22. The van der Waals surface area contributed by atoms with Gasteiger partial charge in [0.2, 0.25) is 0 Å². The Kier molecular flexibility index (Phi) is 5.04. The molecule has 0 amide bonds. The summed E-state index contributed by atoms with van der Waals surface area (Å²) in [5.74, 6) is 7.25. The van der Waals surface area contributed by atoms with Gasteiger partial charge in [0.15, 0.2) is 0 Å². The van der Waals surface area contributed by atoms with Crippen LogP contribution in [-0.4, -0.2) is 6.04 Å². The van der Waals surface area contributed by atoms with E-state index in [-0.39, 0.29) is 0 Å². The maximum absolute atomic E-state index is 6.22. The average Bonchev–Trinajstić information content (AvgIpc) is 2.38. The van der Waals surface area contributed by atoms with Crippen molar-refractivity contribution in [2.75, 3.05) is 0 Å². The van der Waals surface area contributed by atoms with E-state index in [0.29, 0.717) is 12.0 Å². The molecule has 0 heterocycles. The maximum Gasteiger partial charge on any atom is 0.0438 e. The zero-order valence-corrected chi connectivity index (χ0v) is 11.8. The van der Waals surface area contributed by atoms with Crippen molar-refractivity contribution < 1.29 is 0 Å². The number of hydrogen-bond donors (Lipinski definition) is 2. The second-order valence-electron chi connectivity index (χ2n) is 5.60. The lowest BCUT2D eigenvalue weighted by Gasteiger charge is -2.33. The minimum Gasteiger partial charge on any atom is -0.271 e. The van der Waals surface area contributed by atoms with Crippen LogP contribution in [0.4, 0.5) is 0 Å². The summed E-state index contributed by atoms with van der Waals surface area (Å²) in [7, 11) is 0. The highest BCUT2D eigenvalue weighted by atomic mass is 35.5. The van der Waals surface area contributed by atoms with E-state index in [9.17, 15) is 0 Å². The molecule has 3 atom stereocenters. The Morgan fingerprint density at radius 2 is 2.17 bits per heavy atom. The van der Waals surface area contributed by atoms with Crippen LogP contribution >= 0.6 is 11.6 Å². The number of benzene rings is 1. The zero-order valence-electron chi connectivity index (χ0n) is 11.0. The Bertz CT molecular complexity index is 381. The molecule has 1 aromatic rings. The van der Waals surface area contributed by atoms with Gasteiger partial charge in [-0.05, 0) is 42.7 Å². The highest BCUT2D eigenvalue weighted by Gasteiger charge is 2.26. The molecule has 1 fully saturated rings. The van der Waals surface area contributed by atoms with E-state index >= 15 is 0 Å². The van der Waals surface area contributed by atoms with Crippen LogP contribution in [0.5, 0.6) is 0 Å². The first kappa shape index (κ1) is 13.9.